The third-order valence-corrected chi connectivity index (χ3v) is 7.65. The Balaban J connectivity index is 1.27. The van der Waals surface area contributed by atoms with Crippen LogP contribution >= 0.6 is 23.2 Å². The number of rotatable bonds is 3. The summed E-state index contributed by atoms with van der Waals surface area (Å²) in [4.78, 5) is 40.4. The summed E-state index contributed by atoms with van der Waals surface area (Å²) in [6, 6.07) is 11.0. The van der Waals surface area contributed by atoms with E-state index in [9.17, 15) is 14.4 Å². The van der Waals surface area contributed by atoms with Crippen LogP contribution in [-0.2, 0) is 9.59 Å². The molecule has 2 aromatic carbocycles. The molecule has 6 atom stereocenters. The Kier molecular flexibility index (Phi) is 4.11. The van der Waals surface area contributed by atoms with Gasteiger partial charge in [0.1, 0.15) is 5.75 Å². The summed E-state index contributed by atoms with van der Waals surface area (Å²) in [6.45, 7) is 0. The van der Waals surface area contributed by atoms with Crippen molar-refractivity contribution in [1.82, 2.24) is 0 Å². The fraction of sp³-hybridized carbons (Fsp3) is 0.292. The highest BCUT2D eigenvalue weighted by Crippen LogP contribution is 2.65. The van der Waals surface area contributed by atoms with Crippen molar-refractivity contribution in [2.24, 2.45) is 35.5 Å². The first-order valence-corrected chi connectivity index (χ1v) is 11.0. The van der Waals surface area contributed by atoms with E-state index < -0.39 is 5.97 Å². The second-order valence-electron chi connectivity index (χ2n) is 8.68. The van der Waals surface area contributed by atoms with Crippen molar-refractivity contribution < 1.29 is 19.1 Å². The molecule has 2 saturated carbocycles. The van der Waals surface area contributed by atoms with E-state index in [1.807, 2.05) is 0 Å². The SMILES string of the molecule is O=C(Oc1cccc(N2C(=O)[C@@H]3[C@H]4C=C[C@@H]([C@@H]5C[C@H]45)[C@H]3C2=O)c1)c1ccc(Cl)cc1Cl. The molecule has 0 spiro atoms. The van der Waals surface area contributed by atoms with Gasteiger partial charge in [-0.1, -0.05) is 41.4 Å². The maximum Gasteiger partial charge on any atom is 0.345 e. The second kappa shape index (κ2) is 6.68. The molecule has 4 aliphatic carbocycles. The highest BCUT2D eigenvalue weighted by molar-refractivity contribution is 6.36. The van der Waals surface area contributed by atoms with Crippen molar-refractivity contribution in [2.45, 2.75) is 6.42 Å². The Morgan fingerprint density at radius 2 is 1.61 bits per heavy atom. The summed E-state index contributed by atoms with van der Waals surface area (Å²) in [5.41, 5.74) is 0.600. The van der Waals surface area contributed by atoms with Crippen molar-refractivity contribution in [1.29, 1.82) is 0 Å². The van der Waals surface area contributed by atoms with Gasteiger partial charge < -0.3 is 4.74 Å². The van der Waals surface area contributed by atoms with Crippen molar-refractivity contribution in [3.05, 3.63) is 70.2 Å². The maximum atomic E-state index is 13.3. The van der Waals surface area contributed by atoms with E-state index in [4.69, 9.17) is 27.9 Å². The topological polar surface area (TPSA) is 63.7 Å². The van der Waals surface area contributed by atoms with Gasteiger partial charge in [0.05, 0.1) is 28.1 Å². The van der Waals surface area contributed by atoms with Crippen LogP contribution in [0.3, 0.4) is 0 Å². The van der Waals surface area contributed by atoms with Crippen LogP contribution in [0.25, 0.3) is 0 Å². The number of anilines is 1. The van der Waals surface area contributed by atoms with E-state index in [1.165, 1.54) is 17.0 Å². The summed E-state index contributed by atoms with van der Waals surface area (Å²) in [5.74, 6) is 0.156. The van der Waals surface area contributed by atoms with Crippen LogP contribution in [0.5, 0.6) is 5.75 Å². The van der Waals surface area contributed by atoms with E-state index in [-0.39, 0.29) is 51.8 Å². The van der Waals surface area contributed by atoms with Gasteiger partial charge in [-0.15, -0.1) is 0 Å². The number of imide groups is 1. The predicted octanol–water partition coefficient (Wildman–Crippen LogP) is 4.77. The molecule has 2 bridgehead atoms. The highest BCUT2D eigenvalue weighted by atomic mass is 35.5. The first-order chi connectivity index (χ1) is 14.9. The van der Waals surface area contributed by atoms with Crippen LogP contribution in [0.1, 0.15) is 16.8 Å². The second-order valence-corrected chi connectivity index (χ2v) is 9.52. The molecule has 0 aromatic heterocycles. The molecule has 0 unspecified atom stereocenters. The standard InChI is InChI=1S/C24H17Cl2NO4/c25-11-4-5-16(19(26)8-11)24(30)31-13-3-1-2-12(9-13)27-22(28)20-14-6-7-15(18-10-17(14)18)21(20)23(27)29/h1-9,14-15,17-18,20-21H,10H2/t14-,15-,17-,18+,20+,21+/m0/s1. The zero-order valence-corrected chi connectivity index (χ0v) is 17.7. The number of halogens is 2. The number of esters is 1. The fourth-order valence-electron chi connectivity index (χ4n) is 5.71. The van der Waals surface area contributed by atoms with Gasteiger partial charge in [0, 0.05) is 11.1 Å². The van der Waals surface area contributed by atoms with Gasteiger partial charge in [-0.3, -0.25) is 9.59 Å². The molecular formula is C24H17Cl2NO4. The zero-order valence-electron chi connectivity index (χ0n) is 16.2. The summed E-state index contributed by atoms with van der Waals surface area (Å²) < 4.78 is 5.46. The monoisotopic (exact) mass is 453 g/mol. The number of nitrogens with zero attached hydrogens (tertiary/aromatic N) is 1. The quantitative estimate of drug-likeness (QED) is 0.290. The fourth-order valence-corrected chi connectivity index (χ4v) is 6.20. The molecule has 5 nitrogen and oxygen atoms in total. The van der Waals surface area contributed by atoms with Crippen molar-refractivity contribution in [3.8, 4) is 5.75 Å². The van der Waals surface area contributed by atoms with Crippen LogP contribution in [0, 0.1) is 35.5 Å². The van der Waals surface area contributed by atoms with Gasteiger partial charge in [-0.25, -0.2) is 9.69 Å². The van der Waals surface area contributed by atoms with Gasteiger partial charge in [0.2, 0.25) is 11.8 Å². The summed E-state index contributed by atoms with van der Waals surface area (Å²) >= 11 is 12.0. The van der Waals surface area contributed by atoms with E-state index in [2.05, 4.69) is 12.2 Å². The van der Waals surface area contributed by atoms with Gasteiger partial charge in [0.15, 0.2) is 0 Å². The number of carbonyl (C=O) groups excluding carboxylic acids is 3. The van der Waals surface area contributed by atoms with Gasteiger partial charge >= 0.3 is 5.97 Å². The Bertz CT molecular complexity index is 1160. The molecule has 5 aliphatic rings. The number of allylic oxidation sites excluding steroid dienone is 2. The van der Waals surface area contributed by atoms with Crippen LogP contribution in [0.15, 0.2) is 54.6 Å². The average Bonchev–Trinajstić information content (AvgIpc) is 3.51. The third kappa shape index (κ3) is 2.80. The van der Waals surface area contributed by atoms with Gasteiger partial charge in [0.25, 0.3) is 0 Å². The zero-order chi connectivity index (χ0) is 21.4. The minimum atomic E-state index is -0.645. The molecule has 1 heterocycles. The number of amides is 2. The third-order valence-electron chi connectivity index (χ3n) is 7.10. The largest absolute Gasteiger partial charge is 0.423 e. The molecule has 1 aliphatic heterocycles. The normalized spacial score (nSPS) is 32.1. The number of hydrogen-bond acceptors (Lipinski definition) is 4. The number of ether oxygens (including phenoxy) is 1. The Morgan fingerprint density at radius 1 is 0.935 bits per heavy atom. The summed E-state index contributed by atoms with van der Waals surface area (Å²) in [5, 5.41) is 0.598. The maximum absolute atomic E-state index is 13.3. The van der Waals surface area contributed by atoms with E-state index >= 15 is 0 Å². The highest BCUT2D eigenvalue weighted by Gasteiger charge is 2.67. The van der Waals surface area contributed by atoms with Crippen molar-refractivity contribution in [2.75, 3.05) is 4.90 Å². The molecule has 2 amide bonds. The molecular weight excluding hydrogens is 437 g/mol. The Morgan fingerprint density at radius 3 is 2.26 bits per heavy atom. The Hall–Kier alpha value is -2.63. The smallest absolute Gasteiger partial charge is 0.345 e. The number of benzene rings is 2. The van der Waals surface area contributed by atoms with E-state index in [1.54, 1.807) is 30.3 Å². The molecule has 7 heteroatoms. The molecule has 31 heavy (non-hydrogen) atoms. The molecule has 0 N–H and O–H groups in total. The van der Waals surface area contributed by atoms with Crippen LogP contribution in [0.2, 0.25) is 10.0 Å². The molecule has 156 valence electrons. The first-order valence-electron chi connectivity index (χ1n) is 10.3. The minimum absolute atomic E-state index is 0.149. The number of carbonyl (C=O) groups is 3. The molecule has 2 aromatic rings. The lowest BCUT2D eigenvalue weighted by atomic mass is 9.63. The first kappa shape index (κ1) is 19.1. The van der Waals surface area contributed by atoms with Gasteiger partial charge in [-0.2, -0.15) is 0 Å². The van der Waals surface area contributed by atoms with Crippen LogP contribution in [-0.4, -0.2) is 17.8 Å². The average molecular weight is 454 g/mol. The van der Waals surface area contributed by atoms with Crippen molar-refractivity contribution >= 4 is 46.7 Å². The van der Waals surface area contributed by atoms with Crippen LogP contribution < -0.4 is 9.64 Å². The lowest BCUT2D eigenvalue weighted by Gasteiger charge is -2.37. The summed E-state index contributed by atoms with van der Waals surface area (Å²) in [7, 11) is 0. The van der Waals surface area contributed by atoms with E-state index in [0.29, 0.717) is 22.5 Å². The molecule has 3 fully saturated rings. The summed E-state index contributed by atoms with van der Waals surface area (Å²) in [6.07, 6.45) is 5.40. The minimum Gasteiger partial charge on any atom is -0.423 e. The van der Waals surface area contributed by atoms with Gasteiger partial charge in [-0.05, 0) is 60.4 Å². The van der Waals surface area contributed by atoms with Crippen LogP contribution in [0.4, 0.5) is 5.69 Å². The predicted molar refractivity (Wildman–Crippen MR) is 115 cm³/mol. The number of hydrogen-bond donors (Lipinski definition) is 0. The lowest BCUT2D eigenvalue weighted by molar-refractivity contribution is -0.124. The molecule has 1 saturated heterocycles. The Labute approximate surface area is 188 Å². The lowest BCUT2D eigenvalue weighted by Crippen LogP contribution is -2.40. The van der Waals surface area contributed by atoms with E-state index in [0.717, 1.165) is 6.42 Å². The molecule has 7 rings (SSSR count). The molecule has 0 radical (unpaired) electrons. The van der Waals surface area contributed by atoms with Crippen molar-refractivity contribution in [3.63, 3.8) is 0 Å².